The maximum absolute atomic E-state index is 12.8. The molecule has 1 unspecified atom stereocenters. The van der Waals surface area contributed by atoms with Crippen LogP contribution in [0.1, 0.15) is 40.2 Å². The predicted molar refractivity (Wildman–Crippen MR) is 103 cm³/mol. The first-order valence-electron chi connectivity index (χ1n) is 9.13. The van der Waals surface area contributed by atoms with Crippen LogP contribution in [0.5, 0.6) is 5.75 Å². The summed E-state index contributed by atoms with van der Waals surface area (Å²) in [5.41, 5.74) is 0.451. The quantitative estimate of drug-likeness (QED) is 0.517. The van der Waals surface area contributed by atoms with Crippen molar-refractivity contribution in [1.82, 2.24) is 10.6 Å². The minimum atomic E-state index is -0.825. The number of phenolic OH excluding ortho intramolecular Hbond substituents is 1. The summed E-state index contributed by atoms with van der Waals surface area (Å²) in [5.74, 6) is -0.643. The fraction of sp³-hybridized carbons (Fsp3) is 0.600. The first-order valence-corrected chi connectivity index (χ1v) is 9.13. The number of aromatic hydroxyl groups is 1. The molecule has 0 aliphatic heterocycles. The highest BCUT2D eigenvalue weighted by Crippen LogP contribution is 2.19. The van der Waals surface area contributed by atoms with E-state index in [0.717, 1.165) is 5.56 Å². The highest BCUT2D eigenvalue weighted by Gasteiger charge is 2.29. The molecule has 4 N–H and O–H groups in total. The summed E-state index contributed by atoms with van der Waals surface area (Å²) in [6.07, 6.45) is 0.154. The minimum Gasteiger partial charge on any atom is -0.508 e. The monoisotopic (exact) mass is 380 g/mol. The van der Waals surface area contributed by atoms with E-state index in [1.807, 2.05) is 34.6 Å². The molecule has 0 aliphatic rings. The Balaban J connectivity index is 2.89. The number of carbonyl (C=O) groups is 2. The molecule has 2 atom stereocenters. The van der Waals surface area contributed by atoms with Crippen LogP contribution < -0.4 is 10.6 Å². The summed E-state index contributed by atoms with van der Waals surface area (Å²) in [7, 11) is 0. The molecular weight excluding hydrogens is 348 g/mol. The zero-order chi connectivity index (χ0) is 20.6. The molecule has 2 amide bonds. The molecule has 0 fully saturated rings. The molecule has 0 saturated heterocycles. The van der Waals surface area contributed by atoms with Crippen LogP contribution in [0.3, 0.4) is 0 Å². The van der Waals surface area contributed by atoms with Crippen molar-refractivity contribution in [2.75, 3.05) is 13.2 Å². The molecule has 27 heavy (non-hydrogen) atoms. The third-order valence-corrected chi connectivity index (χ3v) is 4.12. The lowest BCUT2D eigenvalue weighted by atomic mass is 9.87. The van der Waals surface area contributed by atoms with Gasteiger partial charge in [-0.05, 0) is 37.0 Å². The molecule has 0 heterocycles. The third-order valence-electron chi connectivity index (χ3n) is 4.12. The van der Waals surface area contributed by atoms with Crippen molar-refractivity contribution in [1.29, 1.82) is 0 Å². The van der Waals surface area contributed by atoms with Crippen molar-refractivity contribution in [3.63, 3.8) is 0 Å². The van der Waals surface area contributed by atoms with Crippen molar-refractivity contribution >= 4 is 11.8 Å². The predicted octanol–water partition coefficient (Wildman–Crippen LogP) is 1.37. The number of hydrogen-bond acceptors (Lipinski definition) is 5. The van der Waals surface area contributed by atoms with Crippen LogP contribution in [-0.4, -0.2) is 53.4 Å². The zero-order valence-electron chi connectivity index (χ0n) is 16.8. The first kappa shape index (κ1) is 22.9. The van der Waals surface area contributed by atoms with E-state index in [-0.39, 0.29) is 48.7 Å². The first-order chi connectivity index (χ1) is 12.5. The Morgan fingerprint density at radius 3 is 2.19 bits per heavy atom. The molecule has 1 aromatic rings. The van der Waals surface area contributed by atoms with Crippen LogP contribution in [0, 0.1) is 5.41 Å². The Labute approximate surface area is 161 Å². The summed E-state index contributed by atoms with van der Waals surface area (Å²) in [6, 6.07) is 5.17. The number of hydrogen-bond donors (Lipinski definition) is 4. The molecule has 1 aromatic carbocycles. The van der Waals surface area contributed by atoms with Crippen molar-refractivity contribution in [2.24, 2.45) is 5.41 Å². The number of amides is 2. The third kappa shape index (κ3) is 8.41. The Kier molecular flexibility index (Phi) is 8.72. The Morgan fingerprint density at radius 1 is 1.11 bits per heavy atom. The fourth-order valence-electron chi connectivity index (χ4n) is 2.36. The standard InChI is InChI=1S/C20H32N2O5/c1-13(2)27-12-18(25)21-16(10-14-6-8-15(24)9-7-14)19(26)22-17(11-23)20(3,4)5/h6-9,13,16-17,23-24H,10-12H2,1-5H3,(H,21,25)(H,22,26)/t16-,17?/m0/s1. The second kappa shape index (κ2) is 10.3. The molecule has 0 aromatic heterocycles. The van der Waals surface area contributed by atoms with Gasteiger partial charge in [-0.3, -0.25) is 9.59 Å². The highest BCUT2D eigenvalue weighted by atomic mass is 16.5. The van der Waals surface area contributed by atoms with Crippen LogP contribution in [0.2, 0.25) is 0 Å². The van der Waals surface area contributed by atoms with Gasteiger partial charge in [0.2, 0.25) is 11.8 Å². The summed E-state index contributed by atoms with van der Waals surface area (Å²) in [4.78, 5) is 24.9. The average Bonchev–Trinajstić information content (AvgIpc) is 2.57. The average molecular weight is 380 g/mol. The molecule has 1 rings (SSSR count). The maximum atomic E-state index is 12.8. The number of ether oxygens (including phenoxy) is 1. The molecule has 0 aliphatic carbocycles. The second-order valence-corrected chi connectivity index (χ2v) is 7.96. The number of carbonyl (C=O) groups excluding carboxylic acids is 2. The van der Waals surface area contributed by atoms with Gasteiger partial charge in [0.1, 0.15) is 18.4 Å². The maximum Gasteiger partial charge on any atom is 0.246 e. The largest absolute Gasteiger partial charge is 0.508 e. The van der Waals surface area contributed by atoms with E-state index < -0.39 is 12.1 Å². The van der Waals surface area contributed by atoms with Gasteiger partial charge in [0.05, 0.1) is 18.8 Å². The van der Waals surface area contributed by atoms with Crippen LogP contribution in [-0.2, 0) is 20.7 Å². The van der Waals surface area contributed by atoms with Crippen molar-refractivity contribution in [3.8, 4) is 5.75 Å². The van der Waals surface area contributed by atoms with Gasteiger partial charge in [-0.25, -0.2) is 0 Å². The summed E-state index contributed by atoms with van der Waals surface area (Å²) in [6.45, 7) is 9.05. The van der Waals surface area contributed by atoms with Gasteiger partial charge in [0, 0.05) is 6.42 Å². The smallest absolute Gasteiger partial charge is 0.246 e. The lowest BCUT2D eigenvalue weighted by molar-refractivity contribution is -0.133. The van der Waals surface area contributed by atoms with Gasteiger partial charge in [0.25, 0.3) is 0 Å². The summed E-state index contributed by atoms with van der Waals surface area (Å²) < 4.78 is 5.29. The number of rotatable bonds is 9. The summed E-state index contributed by atoms with van der Waals surface area (Å²) in [5, 5.41) is 24.5. The van der Waals surface area contributed by atoms with Gasteiger partial charge in [-0.15, -0.1) is 0 Å². The summed E-state index contributed by atoms with van der Waals surface area (Å²) >= 11 is 0. The molecule has 7 heteroatoms. The van der Waals surface area contributed by atoms with Crippen molar-refractivity contribution in [3.05, 3.63) is 29.8 Å². The van der Waals surface area contributed by atoms with Gasteiger partial charge >= 0.3 is 0 Å². The van der Waals surface area contributed by atoms with Crippen LogP contribution in [0.4, 0.5) is 0 Å². The van der Waals surface area contributed by atoms with E-state index in [4.69, 9.17) is 4.74 Å². The van der Waals surface area contributed by atoms with E-state index in [2.05, 4.69) is 10.6 Å². The van der Waals surface area contributed by atoms with Crippen LogP contribution >= 0.6 is 0 Å². The van der Waals surface area contributed by atoms with Gasteiger partial charge < -0.3 is 25.6 Å². The number of aliphatic hydroxyl groups is 1. The molecule has 0 bridgehead atoms. The fourth-order valence-corrected chi connectivity index (χ4v) is 2.36. The Hall–Kier alpha value is -2.12. The highest BCUT2D eigenvalue weighted by molar-refractivity contribution is 5.88. The lowest BCUT2D eigenvalue weighted by Gasteiger charge is -2.31. The van der Waals surface area contributed by atoms with Crippen LogP contribution in [0.25, 0.3) is 0 Å². The van der Waals surface area contributed by atoms with Gasteiger partial charge in [-0.2, -0.15) is 0 Å². The molecule has 152 valence electrons. The molecule has 0 radical (unpaired) electrons. The number of aliphatic hydroxyl groups excluding tert-OH is 1. The second-order valence-electron chi connectivity index (χ2n) is 7.96. The van der Waals surface area contributed by atoms with Gasteiger partial charge in [-0.1, -0.05) is 32.9 Å². The van der Waals surface area contributed by atoms with Crippen molar-refractivity contribution < 1.29 is 24.5 Å². The SMILES string of the molecule is CC(C)OCC(=O)N[C@@H](Cc1ccc(O)cc1)C(=O)NC(CO)C(C)(C)C. The van der Waals surface area contributed by atoms with E-state index in [9.17, 15) is 19.8 Å². The normalized spacial score (nSPS) is 13.9. The van der Waals surface area contributed by atoms with E-state index in [0.29, 0.717) is 0 Å². The molecular formula is C20H32N2O5. The van der Waals surface area contributed by atoms with Crippen molar-refractivity contribution in [2.45, 2.75) is 59.2 Å². The zero-order valence-corrected chi connectivity index (χ0v) is 16.8. The minimum absolute atomic E-state index is 0.0974. The number of benzene rings is 1. The van der Waals surface area contributed by atoms with Crippen LogP contribution in [0.15, 0.2) is 24.3 Å². The molecule has 0 saturated carbocycles. The molecule has 7 nitrogen and oxygen atoms in total. The van der Waals surface area contributed by atoms with E-state index in [1.54, 1.807) is 12.1 Å². The number of nitrogens with one attached hydrogen (secondary N) is 2. The van der Waals surface area contributed by atoms with E-state index in [1.165, 1.54) is 12.1 Å². The number of phenols is 1. The topological polar surface area (TPSA) is 108 Å². The Morgan fingerprint density at radius 2 is 1.70 bits per heavy atom. The van der Waals surface area contributed by atoms with E-state index >= 15 is 0 Å². The van der Waals surface area contributed by atoms with Gasteiger partial charge in [0.15, 0.2) is 0 Å². The Bertz CT molecular complexity index is 608. The molecule has 0 spiro atoms. The lowest BCUT2D eigenvalue weighted by Crippen LogP contribution is -2.55.